The molecule has 0 unspecified atom stereocenters. The number of hydrogen-bond acceptors (Lipinski definition) is 6. The molecule has 0 saturated heterocycles. The Kier molecular flexibility index (Phi) is 6.52. The lowest BCUT2D eigenvalue weighted by molar-refractivity contribution is 0.0962. The number of anilines is 1. The van der Waals surface area contributed by atoms with Gasteiger partial charge >= 0.3 is 0 Å². The van der Waals surface area contributed by atoms with Crippen LogP contribution >= 0.6 is 0 Å². The Hall–Kier alpha value is -2.47. The molecule has 9 nitrogen and oxygen atoms in total. The van der Waals surface area contributed by atoms with E-state index in [1.807, 2.05) is 0 Å². The van der Waals surface area contributed by atoms with Crippen molar-refractivity contribution in [2.45, 2.75) is 60.4 Å². The molecule has 4 N–H and O–H groups in total. The van der Waals surface area contributed by atoms with Crippen LogP contribution in [-0.2, 0) is 20.0 Å². The Morgan fingerprint density at radius 1 is 0.750 bits per heavy atom. The van der Waals surface area contributed by atoms with E-state index in [0.29, 0.717) is 5.69 Å². The highest BCUT2D eigenvalue weighted by Gasteiger charge is 2.28. The molecule has 1 amide bonds. The summed E-state index contributed by atoms with van der Waals surface area (Å²) in [4.78, 5) is 12.7. The van der Waals surface area contributed by atoms with Crippen LogP contribution in [0.3, 0.4) is 0 Å². The maximum absolute atomic E-state index is 12.6. The van der Waals surface area contributed by atoms with Gasteiger partial charge in [0.25, 0.3) is 5.91 Å². The number of carbonyl (C=O) groups excluding carboxylic acids is 1. The molecule has 32 heavy (non-hydrogen) atoms. The van der Waals surface area contributed by atoms with Crippen LogP contribution in [-0.4, -0.2) is 34.8 Å². The van der Waals surface area contributed by atoms with Crippen LogP contribution < -0.4 is 20.3 Å². The number of hydrazine groups is 1. The van der Waals surface area contributed by atoms with Gasteiger partial charge in [-0.1, -0.05) is 18.9 Å². The average Bonchev–Trinajstić information content (AvgIpc) is 3.43. The second-order valence-corrected chi connectivity index (χ2v) is 11.6. The zero-order valence-electron chi connectivity index (χ0n) is 17.4. The van der Waals surface area contributed by atoms with Gasteiger partial charge in [-0.25, -0.2) is 26.3 Å². The molecule has 172 valence electrons. The molecule has 0 aromatic heterocycles. The average molecular weight is 479 g/mol. The minimum atomic E-state index is -3.70. The smallest absolute Gasteiger partial charge is 0.269 e. The summed E-state index contributed by atoms with van der Waals surface area (Å²) in [5.41, 5.74) is 5.87. The van der Waals surface area contributed by atoms with Crippen LogP contribution in [0, 0.1) is 0 Å². The Morgan fingerprint density at radius 2 is 1.34 bits per heavy atom. The molecule has 2 aromatic rings. The fourth-order valence-electron chi connectivity index (χ4n) is 3.54. The van der Waals surface area contributed by atoms with E-state index >= 15 is 0 Å². The van der Waals surface area contributed by atoms with Crippen LogP contribution in [0.1, 0.15) is 48.9 Å². The maximum atomic E-state index is 12.6. The van der Waals surface area contributed by atoms with Gasteiger partial charge in [-0.3, -0.25) is 15.6 Å². The molecule has 2 aliphatic rings. The molecule has 0 radical (unpaired) electrons. The molecule has 2 fully saturated rings. The Balaban J connectivity index is 1.37. The topological polar surface area (TPSA) is 133 Å². The highest BCUT2D eigenvalue weighted by atomic mass is 32.2. The van der Waals surface area contributed by atoms with Crippen molar-refractivity contribution in [3.8, 4) is 0 Å². The fourth-order valence-corrected chi connectivity index (χ4v) is 6.20. The third-order valence-corrected chi connectivity index (χ3v) is 8.52. The molecule has 0 spiro atoms. The first-order valence-electron chi connectivity index (χ1n) is 10.5. The van der Waals surface area contributed by atoms with Gasteiger partial charge in [0, 0.05) is 17.6 Å². The summed E-state index contributed by atoms with van der Waals surface area (Å²) in [6, 6.07) is 11.7. The van der Waals surface area contributed by atoms with Crippen LogP contribution in [0.5, 0.6) is 0 Å². The van der Waals surface area contributed by atoms with Gasteiger partial charge in [0.1, 0.15) is 0 Å². The Morgan fingerprint density at radius 3 is 1.97 bits per heavy atom. The van der Waals surface area contributed by atoms with Gasteiger partial charge in [0.2, 0.25) is 20.0 Å². The second-order valence-electron chi connectivity index (χ2n) is 8.13. The molecular formula is C21H26N4O5S2. The Bertz CT molecular complexity index is 1190. The molecule has 0 bridgehead atoms. The van der Waals surface area contributed by atoms with E-state index < -0.39 is 26.0 Å². The van der Waals surface area contributed by atoms with Crippen molar-refractivity contribution in [1.82, 2.24) is 14.9 Å². The highest BCUT2D eigenvalue weighted by molar-refractivity contribution is 7.89. The van der Waals surface area contributed by atoms with Crippen LogP contribution in [0.15, 0.2) is 58.3 Å². The molecule has 2 aliphatic carbocycles. The van der Waals surface area contributed by atoms with Gasteiger partial charge < -0.3 is 0 Å². The number of benzene rings is 2. The van der Waals surface area contributed by atoms with Crippen molar-refractivity contribution in [3.05, 3.63) is 54.1 Å². The lowest BCUT2D eigenvalue weighted by Crippen LogP contribution is -2.33. The lowest BCUT2D eigenvalue weighted by atomic mass is 10.2. The van der Waals surface area contributed by atoms with Crippen LogP contribution in [0.4, 0.5) is 5.69 Å². The van der Waals surface area contributed by atoms with Gasteiger partial charge in [-0.15, -0.1) is 0 Å². The molecular weight excluding hydrogens is 452 g/mol. The predicted octanol–water partition coefficient (Wildman–Crippen LogP) is 2.11. The molecule has 2 aromatic carbocycles. The number of carbonyl (C=O) groups is 1. The molecule has 0 aliphatic heterocycles. The quantitative estimate of drug-likeness (QED) is 0.408. The predicted molar refractivity (Wildman–Crippen MR) is 120 cm³/mol. The minimum Gasteiger partial charge on any atom is -0.298 e. The third kappa shape index (κ3) is 5.66. The monoisotopic (exact) mass is 478 g/mol. The van der Waals surface area contributed by atoms with Crippen molar-refractivity contribution >= 4 is 31.6 Å². The normalized spacial score (nSPS) is 17.2. The van der Waals surface area contributed by atoms with Crippen molar-refractivity contribution in [2.75, 3.05) is 5.43 Å². The van der Waals surface area contributed by atoms with E-state index in [0.717, 1.165) is 38.5 Å². The van der Waals surface area contributed by atoms with Gasteiger partial charge in [-0.2, -0.15) is 0 Å². The fraction of sp³-hybridized carbons (Fsp3) is 0.381. The molecule has 0 atom stereocenters. The largest absolute Gasteiger partial charge is 0.298 e. The van der Waals surface area contributed by atoms with E-state index in [4.69, 9.17) is 0 Å². The number of rotatable bonds is 9. The zero-order chi connectivity index (χ0) is 22.8. The van der Waals surface area contributed by atoms with E-state index in [1.54, 1.807) is 0 Å². The minimum absolute atomic E-state index is 0.0185. The van der Waals surface area contributed by atoms with Crippen LogP contribution in [0.2, 0.25) is 0 Å². The van der Waals surface area contributed by atoms with E-state index in [2.05, 4.69) is 20.3 Å². The lowest BCUT2D eigenvalue weighted by Gasteiger charge is -2.13. The standard InChI is InChI=1S/C21H26N4O5S2/c26-21(15-4-3-7-20(14-15)32(29,30)24-17-5-1-2-6-17)23-22-16-10-12-19(13-11-16)31(27,28)25-18-8-9-18/h3-4,7,10-14,17-18,22,24-25H,1-2,5-6,8-9H2,(H,23,26). The number of hydrogen-bond donors (Lipinski definition) is 4. The van der Waals surface area contributed by atoms with Crippen molar-refractivity contribution in [1.29, 1.82) is 0 Å². The molecule has 0 heterocycles. The number of amides is 1. The maximum Gasteiger partial charge on any atom is 0.269 e. The van der Waals surface area contributed by atoms with Crippen LogP contribution in [0.25, 0.3) is 0 Å². The zero-order valence-corrected chi connectivity index (χ0v) is 19.0. The summed E-state index contributed by atoms with van der Waals surface area (Å²) in [7, 11) is -7.25. The third-order valence-electron chi connectivity index (χ3n) is 5.47. The number of sulfonamides is 2. The summed E-state index contributed by atoms with van der Waals surface area (Å²) in [5.74, 6) is -0.519. The molecule has 4 rings (SSSR count). The van der Waals surface area contributed by atoms with Crippen molar-refractivity contribution < 1.29 is 21.6 Å². The second kappa shape index (κ2) is 9.18. The first-order valence-corrected chi connectivity index (χ1v) is 13.5. The molecule has 11 heteroatoms. The summed E-state index contributed by atoms with van der Waals surface area (Å²) in [6.45, 7) is 0. The SMILES string of the molecule is O=C(NNc1ccc(S(=O)(=O)NC2CC2)cc1)c1cccc(S(=O)(=O)NC2CCCC2)c1. The Labute approximate surface area is 188 Å². The summed E-state index contributed by atoms with van der Waals surface area (Å²) in [5, 5.41) is 0. The first kappa shape index (κ1) is 22.7. The van der Waals surface area contributed by atoms with Gasteiger partial charge in [-0.05, 0) is 68.1 Å². The van der Waals surface area contributed by atoms with Gasteiger partial charge in [0.05, 0.1) is 15.5 Å². The summed E-state index contributed by atoms with van der Waals surface area (Å²) < 4.78 is 55.0. The van der Waals surface area contributed by atoms with E-state index in [1.165, 1.54) is 48.5 Å². The van der Waals surface area contributed by atoms with E-state index in [-0.39, 0.29) is 27.4 Å². The van der Waals surface area contributed by atoms with Gasteiger partial charge in [0.15, 0.2) is 0 Å². The highest BCUT2D eigenvalue weighted by Crippen LogP contribution is 2.23. The first-order chi connectivity index (χ1) is 15.2. The molecule has 2 saturated carbocycles. The summed E-state index contributed by atoms with van der Waals surface area (Å²) in [6.07, 6.45) is 5.35. The number of nitrogens with one attached hydrogen (secondary N) is 4. The van der Waals surface area contributed by atoms with Crippen molar-refractivity contribution in [2.24, 2.45) is 0 Å². The summed E-state index contributed by atoms with van der Waals surface area (Å²) >= 11 is 0. The van der Waals surface area contributed by atoms with Crippen molar-refractivity contribution in [3.63, 3.8) is 0 Å². The van der Waals surface area contributed by atoms with E-state index in [9.17, 15) is 21.6 Å².